The van der Waals surface area contributed by atoms with Crippen LogP contribution >= 0.6 is 0 Å². The van der Waals surface area contributed by atoms with Crippen molar-refractivity contribution < 1.29 is 4.92 Å². The fraction of sp³-hybridized carbons (Fsp3) is 0.300. The number of aromatic nitrogens is 5. The van der Waals surface area contributed by atoms with Crippen molar-refractivity contribution in [1.29, 1.82) is 0 Å². The number of hydrogen-bond donors (Lipinski definition) is 0. The molecule has 1 fully saturated rings. The fourth-order valence-electron chi connectivity index (χ4n) is 4.01. The number of pyridine rings is 1. The maximum absolute atomic E-state index is 13.0. The van der Waals surface area contributed by atoms with Crippen LogP contribution in [0.25, 0.3) is 22.4 Å². The van der Waals surface area contributed by atoms with Crippen LogP contribution in [0, 0.1) is 10.1 Å². The molecule has 0 unspecified atom stereocenters. The minimum atomic E-state index is -0.470. The van der Waals surface area contributed by atoms with Gasteiger partial charge in [-0.15, -0.1) is 5.10 Å². The highest BCUT2D eigenvalue weighted by Crippen LogP contribution is 2.31. The number of fused-ring (bicyclic) bond motifs is 3. The van der Waals surface area contributed by atoms with E-state index in [2.05, 4.69) is 15.1 Å². The van der Waals surface area contributed by atoms with Gasteiger partial charge in [-0.1, -0.05) is 19.3 Å². The van der Waals surface area contributed by atoms with Crippen LogP contribution < -0.4 is 5.56 Å². The first-order chi connectivity index (χ1) is 14.1. The van der Waals surface area contributed by atoms with Gasteiger partial charge in [0.25, 0.3) is 17.0 Å². The molecular weight excluding hydrogens is 372 g/mol. The van der Waals surface area contributed by atoms with Crippen molar-refractivity contribution in [2.45, 2.75) is 38.0 Å². The quantitative estimate of drug-likeness (QED) is 0.392. The van der Waals surface area contributed by atoms with E-state index in [4.69, 9.17) is 0 Å². The Morgan fingerprint density at radius 3 is 2.55 bits per heavy atom. The number of rotatable bonds is 3. The van der Waals surface area contributed by atoms with E-state index >= 15 is 0 Å². The van der Waals surface area contributed by atoms with Gasteiger partial charge in [0.2, 0.25) is 0 Å². The molecule has 3 aromatic heterocycles. The number of nitrogens with zero attached hydrogens (tertiary/aromatic N) is 6. The molecule has 1 aliphatic rings. The van der Waals surface area contributed by atoms with E-state index in [0.29, 0.717) is 28.3 Å². The number of nitro benzene ring substituents is 1. The van der Waals surface area contributed by atoms with Gasteiger partial charge in [0.05, 0.1) is 15.8 Å². The smallest absolute Gasteiger partial charge is 0.269 e. The average Bonchev–Trinajstić information content (AvgIpc) is 3.20. The summed E-state index contributed by atoms with van der Waals surface area (Å²) in [6, 6.07) is 7.65. The van der Waals surface area contributed by atoms with Crippen molar-refractivity contribution in [3.05, 3.63) is 69.0 Å². The zero-order valence-corrected chi connectivity index (χ0v) is 15.6. The first-order valence-electron chi connectivity index (χ1n) is 9.64. The molecule has 9 heteroatoms. The lowest BCUT2D eigenvalue weighted by Gasteiger charge is -2.17. The predicted octanol–water partition coefficient (Wildman–Crippen LogP) is 3.38. The van der Waals surface area contributed by atoms with Gasteiger partial charge in [-0.25, -0.2) is 4.98 Å². The molecule has 1 aromatic carbocycles. The first-order valence-corrected chi connectivity index (χ1v) is 9.64. The van der Waals surface area contributed by atoms with Gasteiger partial charge in [0.1, 0.15) is 0 Å². The van der Waals surface area contributed by atoms with Crippen LogP contribution in [-0.2, 0) is 0 Å². The highest BCUT2D eigenvalue weighted by atomic mass is 16.6. The fourth-order valence-corrected chi connectivity index (χ4v) is 4.01. The summed E-state index contributed by atoms with van der Waals surface area (Å²) in [6.45, 7) is 0. The largest absolute Gasteiger partial charge is 0.284 e. The Bertz CT molecular complexity index is 1290. The van der Waals surface area contributed by atoms with Crippen LogP contribution in [-0.4, -0.2) is 29.1 Å². The lowest BCUT2D eigenvalue weighted by molar-refractivity contribution is -0.384. The molecule has 0 N–H and O–H groups in total. The SMILES string of the molecule is O=c1c2cnc3nc(C4CCCCC4)nn3c2ccn1-c1ccc([N+](=O)[O-])cc1. The zero-order valence-electron chi connectivity index (χ0n) is 15.6. The Morgan fingerprint density at radius 2 is 1.83 bits per heavy atom. The van der Waals surface area contributed by atoms with E-state index in [1.54, 1.807) is 28.9 Å². The third-order valence-corrected chi connectivity index (χ3v) is 5.56. The third-order valence-electron chi connectivity index (χ3n) is 5.56. The van der Waals surface area contributed by atoms with Gasteiger partial charge in [-0.2, -0.15) is 9.50 Å². The van der Waals surface area contributed by atoms with E-state index in [9.17, 15) is 14.9 Å². The molecule has 0 amide bonds. The predicted molar refractivity (Wildman–Crippen MR) is 106 cm³/mol. The zero-order chi connectivity index (χ0) is 20.0. The number of non-ortho nitro benzene ring substituents is 1. The van der Waals surface area contributed by atoms with Crippen LogP contribution in [0.1, 0.15) is 43.8 Å². The second kappa shape index (κ2) is 6.77. The van der Waals surface area contributed by atoms with E-state index < -0.39 is 4.92 Å². The van der Waals surface area contributed by atoms with Crippen molar-refractivity contribution in [1.82, 2.24) is 24.1 Å². The molecule has 146 valence electrons. The molecule has 0 aliphatic heterocycles. The standard InChI is InChI=1S/C20H18N6O3/c27-19-16-12-21-20-22-18(13-4-2-1-3-5-13)23-25(20)17(16)10-11-24(19)14-6-8-15(9-7-14)26(28)29/h6-13H,1-5H2. The third kappa shape index (κ3) is 2.95. The van der Waals surface area contributed by atoms with Crippen LogP contribution in [0.2, 0.25) is 0 Å². The van der Waals surface area contributed by atoms with E-state index in [0.717, 1.165) is 18.7 Å². The van der Waals surface area contributed by atoms with Gasteiger partial charge in [0.15, 0.2) is 5.82 Å². The summed E-state index contributed by atoms with van der Waals surface area (Å²) in [7, 11) is 0. The summed E-state index contributed by atoms with van der Waals surface area (Å²) in [5.41, 5.74) is 0.904. The molecule has 3 heterocycles. The Hall–Kier alpha value is -3.62. The van der Waals surface area contributed by atoms with Crippen molar-refractivity contribution in [3.63, 3.8) is 0 Å². The second-order valence-electron chi connectivity index (χ2n) is 7.34. The molecule has 0 saturated heterocycles. The van der Waals surface area contributed by atoms with Crippen molar-refractivity contribution in [2.24, 2.45) is 0 Å². The van der Waals surface area contributed by atoms with Gasteiger partial charge in [-0.3, -0.25) is 19.5 Å². The summed E-state index contributed by atoms with van der Waals surface area (Å²) >= 11 is 0. The van der Waals surface area contributed by atoms with Crippen LogP contribution in [0.15, 0.2) is 47.5 Å². The summed E-state index contributed by atoms with van der Waals surface area (Å²) in [4.78, 5) is 32.3. The molecular formula is C20H18N6O3. The van der Waals surface area contributed by atoms with E-state index in [1.165, 1.54) is 42.2 Å². The molecule has 9 nitrogen and oxygen atoms in total. The molecule has 0 atom stereocenters. The molecule has 0 radical (unpaired) electrons. The Labute approximate surface area is 164 Å². The van der Waals surface area contributed by atoms with Gasteiger partial charge in [-0.05, 0) is 31.0 Å². The normalized spacial score (nSPS) is 15.2. The molecule has 1 saturated carbocycles. The Morgan fingerprint density at radius 1 is 1.07 bits per heavy atom. The topological polar surface area (TPSA) is 108 Å². The minimum Gasteiger partial charge on any atom is -0.284 e. The Balaban J connectivity index is 1.61. The second-order valence-corrected chi connectivity index (χ2v) is 7.34. The van der Waals surface area contributed by atoms with E-state index in [1.807, 2.05) is 0 Å². The summed E-state index contributed by atoms with van der Waals surface area (Å²) in [5, 5.41) is 15.9. The van der Waals surface area contributed by atoms with Crippen molar-refractivity contribution >= 4 is 22.4 Å². The lowest BCUT2D eigenvalue weighted by Crippen LogP contribution is -2.18. The van der Waals surface area contributed by atoms with Gasteiger partial charge in [0, 0.05) is 36.1 Å². The van der Waals surface area contributed by atoms with E-state index in [-0.39, 0.29) is 11.2 Å². The number of benzene rings is 1. The highest BCUT2D eigenvalue weighted by Gasteiger charge is 2.21. The van der Waals surface area contributed by atoms with Crippen molar-refractivity contribution in [2.75, 3.05) is 0 Å². The summed E-state index contributed by atoms with van der Waals surface area (Å²) < 4.78 is 3.08. The van der Waals surface area contributed by atoms with Crippen molar-refractivity contribution in [3.8, 4) is 5.69 Å². The molecule has 1 aliphatic carbocycles. The van der Waals surface area contributed by atoms with Crippen LogP contribution in [0.3, 0.4) is 0 Å². The number of hydrogen-bond acceptors (Lipinski definition) is 6. The minimum absolute atomic E-state index is 0.0242. The van der Waals surface area contributed by atoms with Gasteiger partial charge >= 0.3 is 0 Å². The first kappa shape index (κ1) is 17.5. The molecule has 29 heavy (non-hydrogen) atoms. The van der Waals surface area contributed by atoms with Gasteiger partial charge < -0.3 is 0 Å². The molecule has 0 bridgehead atoms. The maximum Gasteiger partial charge on any atom is 0.269 e. The average molecular weight is 390 g/mol. The Kier molecular flexibility index (Phi) is 4.08. The molecule has 0 spiro atoms. The van der Waals surface area contributed by atoms with Crippen LogP contribution in [0.5, 0.6) is 0 Å². The molecule has 5 rings (SSSR count). The monoisotopic (exact) mass is 390 g/mol. The molecule has 4 aromatic rings. The number of nitro groups is 1. The summed E-state index contributed by atoms with van der Waals surface area (Å²) in [6.07, 6.45) is 8.97. The highest BCUT2D eigenvalue weighted by molar-refractivity contribution is 5.79. The lowest BCUT2D eigenvalue weighted by atomic mass is 9.89. The van der Waals surface area contributed by atoms with Crippen LogP contribution in [0.4, 0.5) is 5.69 Å². The maximum atomic E-state index is 13.0. The summed E-state index contributed by atoms with van der Waals surface area (Å²) in [5.74, 6) is 1.63.